The number of ether oxygens (including phenoxy) is 2. The van der Waals surface area contributed by atoms with E-state index in [1.54, 1.807) is 0 Å². The minimum atomic E-state index is -4.41. The molecule has 0 aliphatic heterocycles. The summed E-state index contributed by atoms with van der Waals surface area (Å²) in [6.07, 6.45) is 49.6. The molecule has 0 radical (unpaired) electrons. The molecule has 0 aliphatic rings. The van der Waals surface area contributed by atoms with Crippen LogP contribution in [0.2, 0.25) is 0 Å². The number of carbonyl (C=O) groups excluding carboxylic acids is 2. The molecule has 11 heteroatoms. The van der Waals surface area contributed by atoms with Crippen LogP contribution in [0.4, 0.5) is 0 Å². The van der Waals surface area contributed by atoms with Crippen molar-refractivity contribution in [3.8, 4) is 0 Å². The van der Waals surface area contributed by atoms with E-state index in [0.717, 1.165) is 51.4 Å². The number of phosphoric acid groups is 1. The van der Waals surface area contributed by atoms with Crippen molar-refractivity contribution in [3.05, 3.63) is 85.1 Å². The highest BCUT2D eigenvalue weighted by Crippen LogP contribution is 2.43. The van der Waals surface area contributed by atoms with E-state index >= 15 is 0 Å². The lowest BCUT2D eigenvalue weighted by atomic mass is 10.1. The van der Waals surface area contributed by atoms with Gasteiger partial charge < -0.3 is 25.2 Å². The zero-order valence-electron chi connectivity index (χ0n) is 36.1. The molecule has 0 amide bonds. The largest absolute Gasteiger partial charge is 0.472 e. The van der Waals surface area contributed by atoms with Crippen LogP contribution >= 0.6 is 7.82 Å². The SMILES string of the molecule is CC/C=C\C(O)C/C=C/C=C\C/C=C\C/C=C\CCCC(=O)OC[C@H](COP(=O)(O)OCCN)OC(=O)CCCCCCCCCCC/C=C\C/C=C\CCCCC. The van der Waals surface area contributed by atoms with E-state index in [9.17, 15) is 24.2 Å². The fourth-order valence-corrected chi connectivity index (χ4v) is 6.31. The van der Waals surface area contributed by atoms with Crippen LogP contribution in [0.15, 0.2) is 85.1 Å². The van der Waals surface area contributed by atoms with Gasteiger partial charge in [-0.2, -0.15) is 0 Å². The van der Waals surface area contributed by atoms with Crippen LogP contribution in [0, 0.1) is 0 Å². The van der Waals surface area contributed by atoms with Gasteiger partial charge in [0.2, 0.25) is 0 Å². The Balaban J connectivity index is 4.28. The highest BCUT2D eigenvalue weighted by Gasteiger charge is 2.26. The van der Waals surface area contributed by atoms with Crippen molar-refractivity contribution >= 4 is 19.8 Å². The molecule has 4 N–H and O–H groups in total. The van der Waals surface area contributed by atoms with Gasteiger partial charge in [-0.25, -0.2) is 4.57 Å². The summed E-state index contributed by atoms with van der Waals surface area (Å²) < 4.78 is 32.7. The number of rotatable bonds is 40. The van der Waals surface area contributed by atoms with Crippen LogP contribution in [0.25, 0.3) is 0 Å². The highest BCUT2D eigenvalue weighted by atomic mass is 31.2. The Labute approximate surface area is 352 Å². The van der Waals surface area contributed by atoms with Crippen LogP contribution in [0.5, 0.6) is 0 Å². The Morgan fingerprint density at radius 2 is 1.16 bits per heavy atom. The zero-order valence-corrected chi connectivity index (χ0v) is 37.0. The van der Waals surface area contributed by atoms with Gasteiger partial charge >= 0.3 is 19.8 Å². The first kappa shape index (κ1) is 55.2. The summed E-state index contributed by atoms with van der Waals surface area (Å²) in [4.78, 5) is 34.9. The number of hydrogen-bond acceptors (Lipinski definition) is 9. The third-order valence-electron chi connectivity index (χ3n) is 8.84. The van der Waals surface area contributed by atoms with Crippen molar-refractivity contribution in [2.45, 2.75) is 174 Å². The molecule has 0 aromatic heterocycles. The van der Waals surface area contributed by atoms with Gasteiger partial charge in [-0.3, -0.25) is 18.6 Å². The van der Waals surface area contributed by atoms with Crippen molar-refractivity contribution in [2.75, 3.05) is 26.4 Å². The Bertz CT molecular complexity index is 1240. The summed E-state index contributed by atoms with van der Waals surface area (Å²) in [5.41, 5.74) is 5.34. The predicted molar refractivity (Wildman–Crippen MR) is 239 cm³/mol. The first-order valence-electron chi connectivity index (χ1n) is 22.2. The van der Waals surface area contributed by atoms with Crippen LogP contribution < -0.4 is 5.73 Å². The van der Waals surface area contributed by atoms with Gasteiger partial charge in [-0.15, -0.1) is 0 Å². The number of aliphatic hydroxyl groups excluding tert-OH is 1. The topological polar surface area (TPSA) is 155 Å². The second-order valence-corrected chi connectivity index (χ2v) is 15.8. The molecular weight excluding hydrogens is 753 g/mol. The van der Waals surface area contributed by atoms with Gasteiger partial charge in [0.05, 0.1) is 19.3 Å². The second kappa shape index (κ2) is 42.3. The maximum atomic E-state index is 12.6. The number of carbonyl (C=O) groups is 2. The van der Waals surface area contributed by atoms with Gasteiger partial charge in [0, 0.05) is 19.4 Å². The molecule has 332 valence electrons. The predicted octanol–water partition coefficient (Wildman–Crippen LogP) is 11.8. The first-order valence-corrected chi connectivity index (χ1v) is 23.7. The summed E-state index contributed by atoms with van der Waals surface area (Å²) >= 11 is 0. The van der Waals surface area contributed by atoms with Crippen LogP contribution in [-0.4, -0.2) is 60.5 Å². The highest BCUT2D eigenvalue weighted by molar-refractivity contribution is 7.47. The molecule has 0 heterocycles. The summed E-state index contributed by atoms with van der Waals surface area (Å²) in [6.45, 7) is 3.37. The smallest absolute Gasteiger partial charge is 0.462 e. The van der Waals surface area contributed by atoms with Crippen molar-refractivity contribution in [3.63, 3.8) is 0 Å². The van der Waals surface area contributed by atoms with Gasteiger partial charge in [-0.05, 0) is 77.0 Å². The quantitative estimate of drug-likeness (QED) is 0.0179. The minimum Gasteiger partial charge on any atom is -0.462 e. The summed E-state index contributed by atoms with van der Waals surface area (Å²) in [5, 5.41) is 9.76. The normalized spacial score (nSPS) is 14.6. The van der Waals surface area contributed by atoms with E-state index in [1.165, 1.54) is 57.8 Å². The fourth-order valence-electron chi connectivity index (χ4n) is 5.54. The fraction of sp³-hybridized carbons (Fsp3) is 0.660. The number of hydrogen-bond donors (Lipinski definition) is 3. The van der Waals surface area contributed by atoms with Gasteiger partial charge in [-0.1, -0.05) is 157 Å². The molecule has 0 rings (SSSR count). The second-order valence-electron chi connectivity index (χ2n) is 14.4. The van der Waals surface area contributed by atoms with Crippen LogP contribution in [0.3, 0.4) is 0 Å². The van der Waals surface area contributed by atoms with Gasteiger partial charge in [0.1, 0.15) is 6.61 Å². The summed E-state index contributed by atoms with van der Waals surface area (Å²) in [7, 11) is -4.41. The molecule has 0 aliphatic carbocycles. The minimum absolute atomic E-state index is 0.0343. The lowest BCUT2D eigenvalue weighted by molar-refractivity contribution is -0.161. The molecule has 58 heavy (non-hydrogen) atoms. The summed E-state index contributed by atoms with van der Waals surface area (Å²) in [6, 6.07) is 0. The van der Waals surface area contributed by atoms with Gasteiger partial charge in [0.25, 0.3) is 0 Å². The number of allylic oxidation sites excluding steroid dienone is 12. The lowest BCUT2D eigenvalue weighted by Gasteiger charge is -2.19. The Hall–Kier alpha value is -2.85. The molecular formula is C47H80NO9P. The van der Waals surface area contributed by atoms with Crippen LogP contribution in [0.1, 0.15) is 162 Å². The first-order chi connectivity index (χ1) is 28.2. The van der Waals surface area contributed by atoms with Crippen molar-refractivity contribution in [2.24, 2.45) is 5.73 Å². The lowest BCUT2D eigenvalue weighted by Crippen LogP contribution is -2.29. The van der Waals surface area contributed by atoms with Crippen molar-refractivity contribution in [1.82, 2.24) is 0 Å². The summed E-state index contributed by atoms with van der Waals surface area (Å²) in [5.74, 6) is -0.932. The number of phosphoric ester groups is 1. The average Bonchev–Trinajstić information content (AvgIpc) is 3.21. The van der Waals surface area contributed by atoms with E-state index in [0.29, 0.717) is 25.7 Å². The van der Waals surface area contributed by atoms with Crippen LogP contribution in [-0.2, 0) is 32.7 Å². The Morgan fingerprint density at radius 1 is 0.621 bits per heavy atom. The van der Waals surface area contributed by atoms with E-state index < -0.39 is 38.6 Å². The molecule has 0 aromatic carbocycles. The van der Waals surface area contributed by atoms with E-state index in [2.05, 4.69) is 43.4 Å². The van der Waals surface area contributed by atoms with E-state index in [1.807, 2.05) is 55.5 Å². The monoisotopic (exact) mass is 834 g/mol. The number of unbranched alkanes of at least 4 members (excludes halogenated alkanes) is 13. The number of nitrogens with two attached hydrogens (primary N) is 1. The van der Waals surface area contributed by atoms with Gasteiger partial charge in [0.15, 0.2) is 6.10 Å². The Morgan fingerprint density at radius 3 is 1.78 bits per heavy atom. The molecule has 0 bridgehead atoms. The van der Waals surface area contributed by atoms with Crippen molar-refractivity contribution in [1.29, 1.82) is 0 Å². The molecule has 3 atom stereocenters. The van der Waals surface area contributed by atoms with Crippen molar-refractivity contribution < 1.29 is 42.7 Å². The van der Waals surface area contributed by atoms with E-state index in [-0.39, 0.29) is 32.6 Å². The molecule has 0 aromatic rings. The zero-order chi connectivity index (χ0) is 42.6. The number of aliphatic hydroxyl groups is 1. The molecule has 0 spiro atoms. The van der Waals surface area contributed by atoms with E-state index in [4.69, 9.17) is 24.3 Å². The molecule has 0 fully saturated rings. The number of esters is 2. The average molecular weight is 834 g/mol. The molecule has 0 saturated carbocycles. The third kappa shape index (κ3) is 41.3. The molecule has 10 nitrogen and oxygen atoms in total. The standard InChI is InChI=1S/C47H80NO9P/c1-3-5-7-8-9-10-11-12-13-14-15-16-17-18-23-26-29-32-35-39-47(51)57-45(43-56-58(52,53)55-41-40-48)42-54-46(50)38-34-31-28-25-22-20-19-21-24-27-30-33-37-44(49)36-6-4-2/h6,9-10,12-13,19-20,24-25,27-28,30,33,36,44-45,49H,3-5,7-8,11,14-18,21-23,26,29,31-32,34-35,37-43,48H2,1-2H3,(H,52,53)/b10-9-,13-12-,20-19-,27-24-,28-25-,33-30+,36-6-/t44?,45-/m1/s1. The third-order valence-corrected chi connectivity index (χ3v) is 9.82. The Kier molecular flexibility index (Phi) is 40.2. The molecule has 2 unspecified atom stereocenters. The molecule has 0 saturated heterocycles. The maximum Gasteiger partial charge on any atom is 0.472 e. The maximum absolute atomic E-state index is 12.6.